The number of aliphatic hydroxyl groups is 1. The van der Waals surface area contributed by atoms with Gasteiger partial charge in [-0.15, -0.1) is 0 Å². The average molecular weight is 312 g/mol. The van der Waals surface area contributed by atoms with Crippen LogP contribution in [0, 0.1) is 0 Å². The molecule has 0 saturated carbocycles. The number of β-amino-alcohol motifs (C(OH)–C–C–N with tert-alkyl or cyclic N) is 1. The van der Waals surface area contributed by atoms with E-state index < -0.39 is 0 Å². The van der Waals surface area contributed by atoms with Crippen LogP contribution in [-0.2, 0) is 0 Å². The van der Waals surface area contributed by atoms with E-state index >= 15 is 0 Å². The lowest BCUT2D eigenvalue weighted by Gasteiger charge is -2.41. The fourth-order valence-corrected chi connectivity index (χ4v) is 3.25. The van der Waals surface area contributed by atoms with E-state index in [0.29, 0.717) is 0 Å². The predicted molar refractivity (Wildman–Crippen MR) is 87.6 cm³/mol. The van der Waals surface area contributed by atoms with Gasteiger partial charge in [-0.25, -0.2) is 0 Å². The van der Waals surface area contributed by atoms with Crippen LogP contribution in [0.5, 0.6) is 0 Å². The molecule has 1 fully saturated rings. The molecule has 0 amide bonds. The molecule has 5 heteroatoms. The summed E-state index contributed by atoms with van der Waals surface area (Å²) < 4.78 is 0. The Hall–Kier alpha value is -0.650. The van der Waals surface area contributed by atoms with E-state index in [4.69, 9.17) is 22.4 Å². The van der Waals surface area contributed by atoms with Crippen molar-refractivity contribution in [3.8, 4) is 0 Å². The summed E-state index contributed by atoms with van der Waals surface area (Å²) in [6, 6.07) is 8.36. The minimum atomic E-state index is 0.104. The van der Waals surface area contributed by atoms with Crippen LogP contribution in [0.2, 0.25) is 5.02 Å². The number of hydrogen-bond donors (Lipinski definition) is 2. The third-order valence-corrected chi connectivity index (χ3v) is 4.52. The standard InChI is InChI=1S/C16H26ClN3O/c1-2-15(18)16(13-4-3-5-14(17)12-13)20-8-6-19(7-9-20)10-11-21/h3-5,12,15-16,21H,2,6-11,18H2,1H3. The maximum absolute atomic E-state index is 9.04. The minimum absolute atomic E-state index is 0.104. The van der Waals surface area contributed by atoms with Gasteiger partial charge in [0, 0.05) is 43.8 Å². The second kappa shape index (κ2) is 8.11. The van der Waals surface area contributed by atoms with Crippen LogP contribution in [0.3, 0.4) is 0 Å². The van der Waals surface area contributed by atoms with Crippen molar-refractivity contribution < 1.29 is 5.11 Å². The first-order valence-electron chi connectivity index (χ1n) is 7.74. The first-order chi connectivity index (χ1) is 10.2. The number of nitrogens with zero attached hydrogens (tertiary/aromatic N) is 2. The number of benzene rings is 1. The van der Waals surface area contributed by atoms with Crippen molar-refractivity contribution in [2.45, 2.75) is 25.4 Å². The van der Waals surface area contributed by atoms with Crippen LogP contribution in [0.25, 0.3) is 0 Å². The van der Waals surface area contributed by atoms with Gasteiger partial charge in [-0.2, -0.15) is 0 Å². The van der Waals surface area contributed by atoms with E-state index in [1.165, 1.54) is 5.56 Å². The molecule has 0 bridgehead atoms. The van der Waals surface area contributed by atoms with Crippen molar-refractivity contribution in [1.82, 2.24) is 9.80 Å². The summed E-state index contributed by atoms with van der Waals surface area (Å²) in [5.41, 5.74) is 7.59. The third kappa shape index (κ3) is 4.41. The molecular weight excluding hydrogens is 286 g/mol. The molecule has 0 radical (unpaired) electrons. The summed E-state index contributed by atoms with van der Waals surface area (Å²) in [6.45, 7) is 7.03. The fraction of sp³-hybridized carbons (Fsp3) is 0.625. The number of hydrogen-bond acceptors (Lipinski definition) is 4. The van der Waals surface area contributed by atoms with Gasteiger partial charge in [0.05, 0.1) is 12.6 Å². The zero-order valence-corrected chi connectivity index (χ0v) is 13.5. The average Bonchev–Trinajstić information content (AvgIpc) is 2.49. The number of halogens is 1. The fourth-order valence-electron chi connectivity index (χ4n) is 3.05. The lowest BCUT2D eigenvalue weighted by Crippen LogP contribution is -2.51. The highest BCUT2D eigenvalue weighted by Gasteiger charge is 2.28. The predicted octanol–water partition coefficient (Wildman–Crippen LogP) is 1.73. The third-order valence-electron chi connectivity index (χ3n) is 4.28. The van der Waals surface area contributed by atoms with Crippen LogP contribution in [-0.4, -0.2) is 60.3 Å². The van der Waals surface area contributed by atoms with Crippen LogP contribution >= 0.6 is 11.6 Å². The van der Waals surface area contributed by atoms with Crippen LogP contribution in [0.15, 0.2) is 24.3 Å². The normalized spacial score (nSPS) is 20.4. The van der Waals surface area contributed by atoms with E-state index in [9.17, 15) is 0 Å². The topological polar surface area (TPSA) is 52.7 Å². The van der Waals surface area contributed by atoms with Crippen molar-refractivity contribution in [2.24, 2.45) is 5.73 Å². The summed E-state index contributed by atoms with van der Waals surface area (Å²) in [5.74, 6) is 0. The highest BCUT2D eigenvalue weighted by atomic mass is 35.5. The quantitative estimate of drug-likeness (QED) is 0.840. The molecule has 1 aliphatic heterocycles. The lowest BCUT2D eigenvalue weighted by atomic mass is 9.95. The Morgan fingerprint density at radius 1 is 1.29 bits per heavy atom. The highest BCUT2D eigenvalue weighted by Crippen LogP contribution is 2.28. The molecule has 2 unspecified atom stereocenters. The Bertz CT molecular complexity index is 435. The van der Waals surface area contributed by atoms with Gasteiger partial charge in [-0.3, -0.25) is 9.80 Å². The van der Waals surface area contributed by atoms with Crippen LogP contribution < -0.4 is 5.73 Å². The minimum Gasteiger partial charge on any atom is -0.395 e. The van der Waals surface area contributed by atoms with Gasteiger partial charge in [0.2, 0.25) is 0 Å². The molecule has 4 nitrogen and oxygen atoms in total. The molecule has 1 saturated heterocycles. The monoisotopic (exact) mass is 311 g/mol. The van der Waals surface area contributed by atoms with Crippen molar-refractivity contribution in [2.75, 3.05) is 39.3 Å². The summed E-state index contributed by atoms with van der Waals surface area (Å²) >= 11 is 6.14. The molecular formula is C16H26ClN3O. The van der Waals surface area contributed by atoms with Gasteiger partial charge in [0.25, 0.3) is 0 Å². The van der Waals surface area contributed by atoms with Gasteiger partial charge >= 0.3 is 0 Å². The molecule has 1 heterocycles. The number of piperazine rings is 1. The molecule has 21 heavy (non-hydrogen) atoms. The Morgan fingerprint density at radius 2 is 2.00 bits per heavy atom. The Kier molecular flexibility index (Phi) is 6.45. The van der Waals surface area contributed by atoms with Crippen molar-refractivity contribution in [3.05, 3.63) is 34.9 Å². The van der Waals surface area contributed by atoms with Gasteiger partial charge in [0.1, 0.15) is 0 Å². The van der Waals surface area contributed by atoms with E-state index in [1.54, 1.807) is 0 Å². The van der Waals surface area contributed by atoms with Gasteiger partial charge in [0.15, 0.2) is 0 Å². The molecule has 1 aromatic rings. The summed E-state index contributed by atoms with van der Waals surface area (Å²) in [5, 5.41) is 9.80. The molecule has 1 aromatic carbocycles. The van der Waals surface area contributed by atoms with Crippen LogP contribution in [0.1, 0.15) is 24.9 Å². The maximum Gasteiger partial charge on any atom is 0.0558 e. The van der Waals surface area contributed by atoms with Crippen molar-refractivity contribution in [1.29, 1.82) is 0 Å². The highest BCUT2D eigenvalue weighted by molar-refractivity contribution is 6.30. The molecule has 1 aliphatic rings. The first-order valence-corrected chi connectivity index (χ1v) is 8.11. The molecule has 2 atom stereocenters. The summed E-state index contributed by atoms with van der Waals surface area (Å²) in [4.78, 5) is 4.75. The molecule has 0 aliphatic carbocycles. The Balaban J connectivity index is 2.11. The Morgan fingerprint density at radius 3 is 2.57 bits per heavy atom. The molecule has 0 spiro atoms. The summed E-state index contributed by atoms with van der Waals surface area (Å²) in [6.07, 6.45) is 0.939. The van der Waals surface area contributed by atoms with Gasteiger partial charge < -0.3 is 10.8 Å². The van der Waals surface area contributed by atoms with E-state index in [0.717, 1.165) is 44.2 Å². The largest absolute Gasteiger partial charge is 0.395 e. The maximum atomic E-state index is 9.04. The molecule has 2 rings (SSSR count). The van der Waals surface area contributed by atoms with Gasteiger partial charge in [-0.1, -0.05) is 30.7 Å². The smallest absolute Gasteiger partial charge is 0.0558 e. The number of aliphatic hydroxyl groups excluding tert-OH is 1. The SMILES string of the molecule is CCC(N)C(c1cccc(Cl)c1)N1CCN(CCO)CC1. The molecule has 118 valence electrons. The number of rotatable bonds is 6. The zero-order valence-electron chi connectivity index (χ0n) is 12.7. The second-order valence-corrected chi connectivity index (χ2v) is 6.11. The van der Waals surface area contributed by atoms with E-state index in [2.05, 4.69) is 22.8 Å². The van der Waals surface area contributed by atoms with E-state index in [-0.39, 0.29) is 18.7 Å². The Labute approximate surface area is 132 Å². The number of nitrogens with two attached hydrogens (primary N) is 1. The molecule has 0 aromatic heterocycles. The van der Waals surface area contributed by atoms with Gasteiger partial charge in [-0.05, 0) is 24.1 Å². The first kappa shape index (κ1) is 16.7. The van der Waals surface area contributed by atoms with Crippen molar-refractivity contribution in [3.63, 3.8) is 0 Å². The second-order valence-electron chi connectivity index (χ2n) is 5.67. The lowest BCUT2D eigenvalue weighted by molar-refractivity contribution is 0.0734. The van der Waals surface area contributed by atoms with Crippen molar-refractivity contribution >= 4 is 11.6 Å². The van der Waals surface area contributed by atoms with Crippen LogP contribution in [0.4, 0.5) is 0 Å². The van der Waals surface area contributed by atoms with E-state index in [1.807, 2.05) is 18.2 Å². The molecule has 3 N–H and O–H groups in total. The zero-order chi connectivity index (χ0) is 15.2. The summed E-state index contributed by atoms with van der Waals surface area (Å²) in [7, 11) is 0.